The van der Waals surface area contributed by atoms with Crippen LogP contribution in [0.5, 0.6) is 0 Å². The average molecular weight is 476 g/mol. The van der Waals surface area contributed by atoms with Crippen LogP contribution in [0.2, 0.25) is 0 Å². The standard InChI is InChI=1S/C24H31ClFN5O2/c1-5-6-19(16(2)9-10-25)29-22-18(24(32)30(4)33-14-17-7-8-17)13-20-23(21(22)26)28-15-31(20)12-11-27-3/h5-6,9,13,15,17,27,29H,1,7-8,10-12,14H2,2-4H3/b16-9-,19-6+. The number of hydroxylamine groups is 2. The molecule has 1 heterocycles. The predicted octanol–water partition coefficient (Wildman–Crippen LogP) is 4.48. The molecule has 0 radical (unpaired) electrons. The molecule has 1 aromatic carbocycles. The van der Waals surface area contributed by atoms with E-state index >= 15 is 4.39 Å². The van der Waals surface area contributed by atoms with Gasteiger partial charge in [-0.25, -0.2) is 14.4 Å². The van der Waals surface area contributed by atoms with Crippen LogP contribution in [0.15, 0.2) is 48.5 Å². The number of likely N-dealkylation sites (N-methyl/N-ethyl adjacent to an activating group) is 1. The Bertz CT molecular complexity index is 1070. The number of hydrogen-bond donors (Lipinski definition) is 2. The number of anilines is 1. The first-order valence-electron chi connectivity index (χ1n) is 11.0. The van der Waals surface area contributed by atoms with E-state index in [1.54, 1.807) is 37.7 Å². The van der Waals surface area contributed by atoms with Gasteiger partial charge in [0.15, 0.2) is 5.82 Å². The first kappa shape index (κ1) is 25.0. The van der Waals surface area contributed by atoms with E-state index in [1.165, 1.54) is 5.06 Å². The second-order valence-electron chi connectivity index (χ2n) is 8.05. The Hall–Kier alpha value is -2.68. The number of benzene rings is 1. The summed E-state index contributed by atoms with van der Waals surface area (Å²) in [6.45, 7) is 7.31. The largest absolute Gasteiger partial charge is 0.352 e. The number of aromatic nitrogens is 2. The maximum Gasteiger partial charge on any atom is 0.279 e. The highest BCUT2D eigenvalue weighted by Crippen LogP contribution is 2.32. The van der Waals surface area contributed by atoms with Crippen molar-refractivity contribution in [2.75, 3.05) is 38.4 Å². The van der Waals surface area contributed by atoms with Gasteiger partial charge in [-0.05, 0) is 50.4 Å². The average Bonchev–Trinajstić information content (AvgIpc) is 3.55. The van der Waals surface area contributed by atoms with Gasteiger partial charge in [-0.3, -0.25) is 9.63 Å². The molecule has 3 rings (SSSR count). The number of halogens is 2. The van der Waals surface area contributed by atoms with Gasteiger partial charge in [0.25, 0.3) is 5.91 Å². The summed E-state index contributed by atoms with van der Waals surface area (Å²) in [5.74, 6) is -0.283. The van der Waals surface area contributed by atoms with Crippen LogP contribution in [0.3, 0.4) is 0 Å². The molecule has 1 saturated carbocycles. The summed E-state index contributed by atoms with van der Waals surface area (Å²) in [5.41, 5.74) is 2.27. The lowest BCUT2D eigenvalue weighted by Crippen LogP contribution is -2.29. The lowest BCUT2D eigenvalue weighted by atomic mass is 10.1. The molecule has 0 atom stereocenters. The summed E-state index contributed by atoms with van der Waals surface area (Å²) in [7, 11) is 3.39. The molecule has 1 aliphatic carbocycles. The Morgan fingerprint density at radius 3 is 2.88 bits per heavy atom. The molecule has 0 unspecified atom stereocenters. The first-order valence-corrected chi connectivity index (χ1v) is 11.5. The van der Waals surface area contributed by atoms with Crippen LogP contribution in [0.4, 0.5) is 10.1 Å². The van der Waals surface area contributed by atoms with E-state index in [1.807, 2.05) is 18.5 Å². The van der Waals surface area contributed by atoms with Crippen LogP contribution in [0.1, 0.15) is 30.1 Å². The monoisotopic (exact) mass is 475 g/mol. The van der Waals surface area contributed by atoms with E-state index < -0.39 is 11.7 Å². The Labute approximate surface area is 198 Å². The lowest BCUT2D eigenvalue weighted by molar-refractivity contribution is -0.109. The number of nitrogens with one attached hydrogen (secondary N) is 2. The minimum absolute atomic E-state index is 0.0312. The van der Waals surface area contributed by atoms with Gasteiger partial charge in [0.1, 0.15) is 5.52 Å². The van der Waals surface area contributed by atoms with Crippen molar-refractivity contribution in [2.45, 2.75) is 26.3 Å². The van der Waals surface area contributed by atoms with Crippen molar-refractivity contribution in [3.63, 3.8) is 0 Å². The number of carbonyl (C=O) groups is 1. The van der Waals surface area contributed by atoms with Crippen molar-refractivity contribution in [3.05, 3.63) is 59.9 Å². The number of hydrogen-bond acceptors (Lipinski definition) is 5. The zero-order valence-corrected chi connectivity index (χ0v) is 20.1. The molecule has 9 heteroatoms. The fourth-order valence-electron chi connectivity index (χ4n) is 3.34. The van der Waals surface area contributed by atoms with E-state index in [0.29, 0.717) is 42.7 Å². The van der Waals surface area contributed by atoms with Gasteiger partial charge in [0, 0.05) is 31.7 Å². The minimum atomic E-state index is -0.608. The van der Waals surface area contributed by atoms with E-state index in [2.05, 4.69) is 22.2 Å². The van der Waals surface area contributed by atoms with Gasteiger partial charge in [-0.2, -0.15) is 0 Å². The number of alkyl halides is 1. The van der Waals surface area contributed by atoms with Crippen LogP contribution in [-0.2, 0) is 11.4 Å². The van der Waals surface area contributed by atoms with Crippen molar-refractivity contribution < 1.29 is 14.0 Å². The van der Waals surface area contributed by atoms with Crippen LogP contribution >= 0.6 is 11.6 Å². The SMILES string of the molecule is C=C/C=C(Nc1c(C(=O)N(C)OCC2CC2)cc2c(ncn2CCNC)c1F)\C(C)=C/CCl. The van der Waals surface area contributed by atoms with Crippen molar-refractivity contribution in [1.82, 2.24) is 19.9 Å². The summed E-state index contributed by atoms with van der Waals surface area (Å²) in [5, 5.41) is 7.33. The molecule has 2 aromatic rings. The van der Waals surface area contributed by atoms with Crippen LogP contribution in [0.25, 0.3) is 11.0 Å². The number of amides is 1. The highest BCUT2D eigenvalue weighted by Gasteiger charge is 2.27. The molecule has 0 spiro atoms. The van der Waals surface area contributed by atoms with Crippen LogP contribution in [-0.4, -0.2) is 53.6 Å². The van der Waals surface area contributed by atoms with E-state index in [9.17, 15) is 4.79 Å². The molecule has 33 heavy (non-hydrogen) atoms. The summed E-state index contributed by atoms with van der Waals surface area (Å²) < 4.78 is 17.6. The van der Waals surface area contributed by atoms with Gasteiger partial charge in [-0.15, -0.1) is 11.6 Å². The fraction of sp³-hybridized carbons (Fsp3) is 0.417. The maximum atomic E-state index is 15.8. The van der Waals surface area contributed by atoms with Gasteiger partial charge < -0.3 is 15.2 Å². The third-order valence-corrected chi connectivity index (χ3v) is 5.68. The lowest BCUT2D eigenvalue weighted by Gasteiger charge is -2.21. The molecule has 178 valence electrons. The molecular formula is C24H31ClFN5O2. The Morgan fingerprint density at radius 2 is 2.24 bits per heavy atom. The number of fused-ring (bicyclic) bond motifs is 1. The smallest absolute Gasteiger partial charge is 0.279 e. The molecular weight excluding hydrogens is 445 g/mol. The Kier molecular flexibility index (Phi) is 8.66. The molecule has 0 bridgehead atoms. The molecule has 7 nitrogen and oxygen atoms in total. The predicted molar refractivity (Wildman–Crippen MR) is 131 cm³/mol. The van der Waals surface area contributed by atoms with Gasteiger partial charge in [0.2, 0.25) is 0 Å². The fourth-order valence-corrected chi connectivity index (χ4v) is 3.57. The topological polar surface area (TPSA) is 71.4 Å². The molecule has 1 aromatic heterocycles. The number of imidazole rings is 1. The van der Waals surface area contributed by atoms with Crippen molar-refractivity contribution >= 4 is 34.2 Å². The first-order chi connectivity index (χ1) is 15.9. The van der Waals surface area contributed by atoms with E-state index in [4.69, 9.17) is 16.4 Å². The molecule has 1 amide bonds. The molecule has 2 N–H and O–H groups in total. The Morgan fingerprint density at radius 1 is 1.48 bits per heavy atom. The third kappa shape index (κ3) is 6.01. The zero-order chi connectivity index (χ0) is 24.0. The summed E-state index contributed by atoms with van der Waals surface area (Å²) in [4.78, 5) is 23.3. The summed E-state index contributed by atoms with van der Waals surface area (Å²) in [6.07, 6.45) is 8.86. The zero-order valence-electron chi connectivity index (χ0n) is 19.3. The van der Waals surface area contributed by atoms with Crippen molar-refractivity contribution in [1.29, 1.82) is 0 Å². The Balaban J connectivity index is 2.08. The number of allylic oxidation sites excluding steroid dienone is 4. The van der Waals surface area contributed by atoms with Gasteiger partial charge in [0.05, 0.1) is 29.7 Å². The number of nitrogens with zero attached hydrogens (tertiary/aromatic N) is 3. The van der Waals surface area contributed by atoms with E-state index in [0.717, 1.165) is 18.4 Å². The van der Waals surface area contributed by atoms with Crippen LogP contribution < -0.4 is 10.6 Å². The third-order valence-electron chi connectivity index (χ3n) is 5.53. The minimum Gasteiger partial charge on any atom is -0.352 e. The molecule has 1 aliphatic rings. The van der Waals surface area contributed by atoms with Gasteiger partial charge >= 0.3 is 0 Å². The quantitative estimate of drug-likeness (QED) is 0.269. The maximum absolute atomic E-state index is 15.8. The molecule has 0 saturated heterocycles. The van der Waals surface area contributed by atoms with Gasteiger partial charge in [-0.1, -0.05) is 18.7 Å². The highest BCUT2D eigenvalue weighted by molar-refractivity contribution is 6.19. The number of carbonyl (C=O) groups excluding carboxylic acids is 1. The van der Waals surface area contributed by atoms with E-state index in [-0.39, 0.29) is 16.8 Å². The number of rotatable bonds is 12. The molecule has 1 fully saturated rings. The second-order valence-corrected chi connectivity index (χ2v) is 8.36. The van der Waals surface area contributed by atoms with Crippen molar-refractivity contribution in [3.8, 4) is 0 Å². The highest BCUT2D eigenvalue weighted by atomic mass is 35.5. The normalized spacial score (nSPS) is 14.6. The molecule has 0 aliphatic heterocycles. The summed E-state index contributed by atoms with van der Waals surface area (Å²) >= 11 is 5.86. The van der Waals surface area contributed by atoms with Crippen LogP contribution in [0, 0.1) is 11.7 Å². The van der Waals surface area contributed by atoms with Crippen molar-refractivity contribution in [2.24, 2.45) is 5.92 Å². The second kappa shape index (κ2) is 11.4. The summed E-state index contributed by atoms with van der Waals surface area (Å²) in [6, 6.07) is 1.66.